The Kier molecular flexibility index (Phi) is 13.1. The summed E-state index contributed by atoms with van der Waals surface area (Å²) >= 11 is 0. The van der Waals surface area contributed by atoms with E-state index in [4.69, 9.17) is 0 Å². The number of carbonyl (C=O) groups excluding carboxylic acids is 1. The van der Waals surface area contributed by atoms with E-state index in [1.807, 2.05) is 0 Å². The highest BCUT2D eigenvalue weighted by Crippen LogP contribution is 2.50. The lowest BCUT2D eigenvalue weighted by Crippen LogP contribution is -2.34. The molecule has 1 aliphatic carbocycles. The van der Waals surface area contributed by atoms with Gasteiger partial charge in [0.2, 0.25) is 6.41 Å². The molecule has 1 aromatic rings. The van der Waals surface area contributed by atoms with E-state index in [0.717, 1.165) is 77.2 Å². The molecule has 3 heteroatoms. The van der Waals surface area contributed by atoms with Crippen molar-refractivity contribution in [2.24, 2.45) is 23.2 Å². The molecule has 1 aliphatic rings. The first-order chi connectivity index (χ1) is 17.6. The Hall–Kier alpha value is -1.90. The van der Waals surface area contributed by atoms with Crippen LogP contribution in [0.15, 0.2) is 41.5 Å². The van der Waals surface area contributed by atoms with E-state index in [0.29, 0.717) is 17.8 Å². The predicted molar refractivity (Wildman–Crippen MR) is 158 cm³/mol. The van der Waals surface area contributed by atoms with E-state index in [1.54, 1.807) is 13.0 Å². The molecular weight excluding hydrogens is 457 g/mol. The fourth-order valence-electron chi connectivity index (χ4n) is 6.52. The van der Waals surface area contributed by atoms with Gasteiger partial charge in [-0.05, 0) is 117 Å². The highest BCUT2D eigenvalue weighted by Gasteiger charge is 2.38. The zero-order valence-electron chi connectivity index (χ0n) is 24.8. The molecular formula is C34H54FNO. The van der Waals surface area contributed by atoms with Crippen LogP contribution in [-0.4, -0.2) is 19.1 Å². The largest absolute Gasteiger partial charge is 0.359 e. The number of nitrogens with one attached hydrogen (secondary N) is 1. The highest BCUT2D eigenvalue weighted by atomic mass is 19.1. The van der Waals surface area contributed by atoms with Crippen molar-refractivity contribution in [2.45, 2.75) is 119 Å². The summed E-state index contributed by atoms with van der Waals surface area (Å²) in [7, 11) is 0. The first kappa shape index (κ1) is 31.3. The first-order valence-electron chi connectivity index (χ1n) is 14.9. The van der Waals surface area contributed by atoms with Crippen LogP contribution in [0.1, 0.15) is 110 Å². The third-order valence-electron chi connectivity index (χ3n) is 8.17. The quantitative estimate of drug-likeness (QED) is 0.174. The molecule has 208 valence electrons. The zero-order chi connectivity index (χ0) is 27.4. The van der Waals surface area contributed by atoms with Gasteiger partial charge in [0.25, 0.3) is 0 Å². The Morgan fingerprint density at radius 1 is 1.05 bits per heavy atom. The minimum absolute atomic E-state index is 0.185. The van der Waals surface area contributed by atoms with E-state index >= 15 is 0 Å². The number of rotatable bonds is 16. The highest BCUT2D eigenvalue weighted by molar-refractivity contribution is 5.45. The summed E-state index contributed by atoms with van der Waals surface area (Å²) in [4.78, 5) is 11.1. The monoisotopic (exact) mass is 511 g/mol. The molecule has 1 N–H and O–H groups in total. The molecule has 0 fully saturated rings. The third kappa shape index (κ3) is 10.1. The zero-order valence-corrected chi connectivity index (χ0v) is 24.8. The van der Waals surface area contributed by atoms with Crippen LogP contribution in [0.5, 0.6) is 0 Å². The molecule has 3 unspecified atom stereocenters. The van der Waals surface area contributed by atoms with Gasteiger partial charge in [0.05, 0.1) is 0 Å². The molecule has 1 amide bonds. The summed E-state index contributed by atoms with van der Waals surface area (Å²) in [5, 5.41) is 2.94. The summed E-state index contributed by atoms with van der Waals surface area (Å²) in [6, 6.07) is 7.15. The van der Waals surface area contributed by atoms with Gasteiger partial charge >= 0.3 is 0 Å². The summed E-state index contributed by atoms with van der Waals surface area (Å²) in [6.45, 7) is 16.0. The predicted octanol–water partition coefficient (Wildman–Crippen LogP) is 8.97. The van der Waals surface area contributed by atoms with Crippen molar-refractivity contribution in [1.29, 1.82) is 0 Å². The normalized spacial score (nSPS) is 21.3. The number of benzene rings is 1. The molecule has 0 aliphatic heterocycles. The van der Waals surface area contributed by atoms with Gasteiger partial charge in [0.1, 0.15) is 6.17 Å². The van der Waals surface area contributed by atoms with E-state index in [1.165, 1.54) is 27.8 Å². The first-order valence-corrected chi connectivity index (χ1v) is 14.9. The Morgan fingerprint density at radius 2 is 1.81 bits per heavy atom. The van der Waals surface area contributed by atoms with Gasteiger partial charge in [-0.25, -0.2) is 4.39 Å². The smallest absolute Gasteiger partial charge is 0.207 e. The molecule has 0 radical (unpaired) electrons. The van der Waals surface area contributed by atoms with Gasteiger partial charge in [0.15, 0.2) is 0 Å². The van der Waals surface area contributed by atoms with Crippen molar-refractivity contribution in [3.63, 3.8) is 0 Å². The molecule has 0 aromatic heterocycles. The lowest BCUT2D eigenvalue weighted by molar-refractivity contribution is -0.109. The number of amides is 1. The molecule has 1 aromatic carbocycles. The van der Waals surface area contributed by atoms with Gasteiger partial charge < -0.3 is 5.32 Å². The van der Waals surface area contributed by atoms with Gasteiger partial charge in [-0.15, -0.1) is 0 Å². The fraction of sp³-hybridized carbons (Fsp3) is 0.676. The molecule has 37 heavy (non-hydrogen) atoms. The minimum Gasteiger partial charge on any atom is -0.359 e. The number of hydrogen-bond donors (Lipinski definition) is 1. The second-order valence-electron chi connectivity index (χ2n) is 12.4. The number of carbonyl (C=O) groups is 1. The summed E-state index contributed by atoms with van der Waals surface area (Å²) in [6.07, 6.45) is 14.7. The molecule has 3 atom stereocenters. The van der Waals surface area contributed by atoms with Gasteiger partial charge in [-0.3, -0.25) is 4.79 Å². The molecule has 0 spiro atoms. The average Bonchev–Trinajstić information content (AvgIpc) is 2.83. The van der Waals surface area contributed by atoms with Gasteiger partial charge in [0, 0.05) is 6.54 Å². The van der Waals surface area contributed by atoms with Crippen molar-refractivity contribution in [3.8, 4) is 0 Å². The van der Waals surface area contributed by atoms with E-state index in [-0.39, 0.29) is 5.41 Å². The standard InChI is InChI=1S/C34H54FNO/c1-8-29-21-28(13-14-31(29)19-25(3)4)11-10-16-34(17-18-36-24-37)22-30(9-2)33(15-12-27(7)35)32(23-34)20-26(5)6/h12-15,21,24-27,32H,8-11,16-20,22-23H2,1-7H3,(H,36,37)/b15-12-. The van der Waals surface area contributed by atoms with Crippen LogP contribution in [0, 0.1) is 23.2 Å². The number of alkyl halides is 1. The van der Waals surface area contributed by atoms with E-state index in [2.05, 4.69) is 71.1 Å². The van der Waals surface area contributed by atoms with Crippen molar-refractivity contribution in [2.75, 3.05) is 6.54 Å². The molecule has 0 saturated heterocycles. The second kappa shape index (κ2) is 15.5. The lowest BCUT2D eigenvalue weighted by Gasteiger charge is -2.44. The lowest BCUT2D eigenvalue weighted by atomic mass is 9.61. The maximum atomic E-state index is 13.8. The van der Waals surface area contributed by atoms with E-state index in [9.17, 15) is 9.18 Å². The summed E-state index contributed by atoms with van der Waals surface area (Å²) in [5.41, 5.74) is 7.51. The van der Waals surface area contributed by atoms with Crippen molar-refractivity contribution in [1.82, 2.24) is 5.32 Å². The minimum atomic E-state index is -0.922. The van der Waals surface area contributed by atoms with E-state index < -0.39 is 6.17 Å². The topological polar surface area (TPSA) is 29.1 Å². The van der Waals surface area contributed by atoms with Crippen LogP contribution in [0.2, 0.25) is 0 Å². The number of hydrogen-bond acceptors (Lipinski definition) is 1. The summed E-state index contributed by atoms with van der Waals surface area (Å²) < 4.78 is 13.8. The maximum Gasteiger partial charge on any atom is 0.207 e. The van der Waals surface area contributed by atoms with Crippen LogP contribution in [0.4, 0.5) is 4.39 Å². The molecule has 0 saturated carbocycles. The summed E-state index contributed by atoms with van der Waals surface area (Å²) in [5.74, 6) is 1.72. The number of aryl methyl sites for hydroxylation is 2. The number of allylic oxidation sites excluding steroid dienone is 4. The maximum absolute atomic E-state index is 13.8. The Bertz CT molecular complexity index is 897. The molecule has 0 heterocycles. The Labute approximate surface area is 227 Å². The van der Waals surface area contributed by atoms with Crippen molar-refractivity contribution in [3.05, 3.63) is 58.2 Å². The van der Waals surface area contributed by atoms with Crippen molar-refractivity contribution < 1.29 is 9.18 Å². The van der Waals surface area contributed by atoms with Crippen LogP contribution in [0.3, 0.4) is 0 Å². The number of halogens is 1. The van der Waals surface area contributed by atoms with Crippen LogP contribution in [0.25, 0.3) is 0 Å². The molecule has 2 nitrogen and oxygen atoms in total. The molecule has 2 rings (SSSR count). The Morgan fingerprint density at radius 3 is 2.41 bits per heavy atom. The van der Waals surface area contributed by atoms with Crippen LogP contribution < -0.4 is 5.32 Å². The van der Waals surface area contributed by atoms with Crippen LogP contribution in [-0.2, 0) is 24.1 Å². The second-order valence-corrected chi connectivity index (χ2v) is 12.4. The average molecular weight is 512 g/mol. The fourth-order valence-corrected chi connectivity index (χ4v) is 6.52. The Balaban J connectivity index is 2.28. The van der Waals surface area contributed by atoms with Gasteiger partial charge in [-0.1, -0.05) is 77.5 Å². The molecule has 0 bridgehead atoms. The third-order valence-corrected chi connectivity index (χ3v) is 8.17. The SMILES string of the molecule is CCC1=C(/C=C\C(C)F)C(CC(C)C)CC(CCCc2ccc(CC(C)C)c(CC)c2)(CCNC=O)C1. The van der Waals surface area contributed by atoms with Crippen molar-refractivity contribution >= 4 is 6.41 Å². The van der Waals surface area contributed by atoms with Crippen LogP contribution >= 0.6 is 0 Å². The van der Waals surface area contributed by atoms with Gasteiger partial charge in [-0.2, -0.15) is 0 Å².